The van der Waals surface area contributed by atoms with Crippen LogP contribution in [0.3, 0.4) is 0 Å². The molecule has 0 saturated heterocycles. The first-order valence-corrected chi connectivity index (χ1v) is 9.07. The second-order valence-electron chi connectivity index (χ2n) is 6.62. The molecule has 144 valence electrons. The molecule has 0 bridgehead atoms. The van der Waals surface area contributed by atoms with Crippen molar-refractivity contribution < 1.29 is 14.2 Å². The summed E-state index contributed by atoms with van der Waals surface area (Å²) in [6, 6.07) is 12.1. The van der Waals surface area contributed by atoms with Gasteiger partial charge < -0.3 is 24.2 Å². The third kappa shape index (κ3) is 2.97. The van der Waals surface area contributed by atoms with Gasteiger partial charge in [-0.2, -0.15) is 0 Å². The highest BCUT2D eigenvalue weighted by atomic mass is 16.5. The second kappa shape index (κ2) is 7.31. The molecule has 1 unspecified atom stereocenters. The van der Waals surface area contributed by atoms with E-state index in [9.17, 15) is 0 Å². The number of nitrogens with zero attached hydrogens (tertiary/aromatic N) is 1. The number of imidazole rings is 1. The molecular weight excluding hydrogens is 354 g/mol. The van der Waals surface area contributed by atoms with Gasteiger partial charge in [0.25, 0.3) is 0 Å². The van der Waals surface area contributed by atoms with Crippen molar-refractivity contribution in [3.05, 3.63) is 60.0 Å². The van der Waals surface area contributed by atoms with Gasteiger partial charge in [0.15, 0.2) is 11.5 Å². The van der Waals surface area contributed by atoms with Gasteiger partial charge in [-0.3, -0.25) is 0 Å². The van der Waals surface area contributed by atoms with E-state index in [0.29, 0.717) is 17.2 Å². The van der Waals surface area contributed by atoms with Crippen LogP contribution < -0.4 is 14.2 Å². The molecular formula is C22H23N3O3. The monoisotopic (exact) mass is 377 g/mol. The Hall–Kier alpha value is -3.41. The van der Waals surface area contributed by atoms with E-state index in [1.165, 1.54) is 0 Å². The van der Waals surface area contributed by atoms with Crippen LogP contribution in [0.15, 0.2) is 48.8 Å². The van der Waals surface area contributed by atoms with Gasteiger partial charge in [0.1, 0.15) is 5.82 Å². The topological polar surface area (TPSA) is 72.2 Å². The molecule has 2 N–H and O–H groups in total. The molecule has 0 aliphatic carbocycles. The molecule has 4 rings (SSSR count). The molecule has 0 spiro atoms. The first kappa shape index (κ1) is 18.0. The lowest BCUT2D eigenvalue weighted by Crippen LogP contribution is -2.01. The molecule has 0 aliphatic rings. The third-order valence-electron chi connectivity index (χ3n) is 5.09. The number of methoxy groups -OCH3 is 3. The maximum atomic E-state index is 5.48. The van der Waals surface area contributed by atoms with Crippen LogP contribution in [0.4, 0.5) is 0 Å². The molecule has 6 nitrogen and oxygen atoms in total. The molecule has 28 heavy (non-hydrogen) atoms. The lowest BCUT2D eigenvalue weighted by Gasteiger charge is -2.17. The summed E-state index contributed by atoms with van der Waals surface area (Å²) in [6.07, 6.45) is 3.86. The van der Waals surface area contributed by atoms with Crippen LogP contribution in [0.1, 0.15) is 24.1 Å². The molecule has 2 aromatic carbocycles. The number of hydrogen-bond acceptors (Lipinski definition) is 4. The van der Waals surface area contributed by atoms with Crippen molar-refractivity contribution in [1.29, 1.82) is 0 Å². The predicted octanol–water partition coefficient (Wildman–Crippen LogP) is 4.74. The van der Waals surface area contributed by atoms with Crippen LogP contribution >= 0.6 is 0 Å². The van der Waals surface area contributed by atoms with Crippen LogP contribution in [0.2, 0.25) is 0 Å². The highest BCUT2D eigenvalue weighted by Crippen LogP contribution is 2.41. The quantitative estimate of drug-likeness (QED) is 0.509. The van der Waals surface area contributed by atoms with Crippen molar-refractivity contribution in [1.82, 2.24) is 15.0 Å². The highest BCUT2D eigenvalue weighted by molar-refractivity contribution is 5.93. The molecule has 2 heterocycles. The summed E-state index contributed by atoms with van der Waals surface area (Å²) in [6.45, 7) is 2.12. The summed E-state index contributed by atoms with van der Waals surface area (Å²) in [5.74, 6) is 2.78. The van der Waals surface area contributed by atoms with Crippen LogP contribution in [0.25, 0.3) is 22.3 Å². The Morgan fingerprint density at radius 3 is 2.36 bits per heavy atom. The number of hydrogen-bond donors (Lipinski definition) is 2. The fourth-order valence-corrected chi connectivity index (χ4v) is 3.49. The Morgan fingerprint density at radius 2 is 1.68 bits per heavy atom. The summed E-state index contributed by atoms with van der Waals surface area (Å²) in [5, 5.41) is 1.14. The maximum absolute atomic E-state index is 5.48. The molecule has 0 fully saturated rings. The number of aromatic nitrogens is 3. The normalized spacial score (nSPS) is 12.1. The van der Waals surface area contributed by atoms with E-state index >= 15 is 0 Å². The molecule has 0 amide bonds. The molecule has 0 saturated carbocycles. The van der Waals surface area contributed by atoms with E-state index in [2.05, 4.69) is 34.0 Å². The smallest absolute Gasteiger partial charge is 0.203 e. The molecule has 4 aromatic rings. The van der Waals surface area contributed by atoms with E-state index in [4.69, 9.17) is 14.2 Å². The van der Waals surface area contributed by atoms with Gasteiger partial charge in [-0.25, -0.2) is 4.98 Å². The molecule has 2 aromatic heterocycles. The highest BCUT2D eigenvalue weighted by Gasteiger charge is 2.19. The van der Waals surface area contributed by atoms with Gasteiger partial charge in [-0.1, -0.05) is 25.1 Å². The minimum Gasteiger partial charge on any atom is -0.493 e. The van der Waals surface area contributed by atoms with Crippen molar-refractivity contribution in [3.8, 4) is 28.6 Å². The number of benzene rings is 2. The predicted molar refractivity (Wildman–Crippen MR) is 109 cm³/mol. The van der Waals surface area contributed by atoms with Gasteiger partial charge in [-0.15, -0.1) is 0 Å². The van der Waals surface area contributed by atoms with Crippen molar-refractivity contribution in [3.63, 3.8) is 0 Å². The average molecular weight is 377 g/mol. The Bertz CT molecular complexity index is 1090. The maximum Gasteiger partial charge on any atom is 0.203 e. The number of nitrogens with one attached hydrogen (secondary N) is 2. The van der Waals surface area contributed by atoms with E-state index in [1.54, 1.807) is 21.3 Å². The lowest BCUT2D eigenvalue weighted by molar-refractivity contribution is 0.323. The van der Waals surface area contributed by atoms with Crippen molar-refractivity contribution in [2.45, 2.75) is 12.8 Å². The zero-order valence-electron chi connectivity index (χ0n) is 16.4. The van der Waals surface area contributed by atoms with Crippen molar-refractivity contribution >= 4 is 10.9 Å². The van der Waals surface area contributed by atoms with E-state index in [0.717, 1.165) is 33.5 Å². The second-order valence-corrected chi connectivity index (χ2v) is 6.62. The summed E-state index contributed by atoms with van der Waals surface area (Å²) >= 11 is 0. The number of fused-ring (bicyclic) bond motifs is 1. The van der Waals surface area contributed by atoms with Crippen LogP contribution in [-0.2, 0) is 0 Å². The van der Waals surface area contributed by atoms with Crippen LogP contribution in [0, 0.1) is 0 Å². The Balaban J connectivity index is 1.71. The summed E-state index contributed by atoms with van der Waals surface area (Å²) in [5.41, 5.74) is 4.20. The zero-order chi connectivity index (χ0) is 19.7. The minimum absolute atomic E-state index is 0.0696. The average Bonchev–Trinajstić information content (AvgIpc) is 3.38. The first-order valence-electron chi connectivity index (χ1n) is 9.07. The number of aromatic amines is 2. The fraction of sp³-hybridized carbons (Fsp3) is 0.227. The minimum atomic E-state index is 0.0696. The third-order valence-corrected chi connectivity index (χ3v) is 5.09. The molecule has 0 aliphatic heterocycles. The Morgan fingerprint density at radius 1 is 0.964 bits per heavy atom. The number of ether oxygens (including phenoxy) is 3. The summed E-state index contributed by atoms with van der Waals surface area (Å²) in [4.78, 5) is 11.4. The zero-order valence-corrected chi connectivity index (χ0v) is 16.4. The van der Waals surface area contributed by atoms with E-state index in [-0.39, 0.29) is 5.92 Å². The fourth-order valence-electron chi connectivity index (χ4n) is 3.49. The van der Waals surface area contributed by atoms with Gasteiger partial charge in [0, 0.05) is 40.5 Å². The van der Waals surface area contributed by atoms with Crippen molar-refractivity contribution in [2.75, 3.05) is 21.3 Å². The van der Waals surface area contributed by atoms with Crippen LogP contribution in [-0.4, -0.2) is 36.3 Å². The summed E-state index contributed by atoms with van der Waals surface area (Å²) < 4.78 is 16.4. The number of para-hydroxylation sites is 1. The van der Waals surface area contributed by atoms with E-state index < -0.39 is 0 Å². The standard InChI is InChI=1S/C22H23N3O3/c1-13(14-9-19(26-2)21(28-4)20(10-14)27-3)18-12-24-22(25-18)16-11-23-17-8-6-5-7-15(16)17/h5-13,23H,1-4H3,(H,24,25). The molecule has 6 heteroatoms. The first-order chi connectivity index (χ1) is 13.7. The Kier molecular flexibility index (Phi) is 4.69. The number of rotatable bonds is 6. The van der Waals surface area contributed by atoms with Gasteiger partial charge in [-0.05, 0) is 23.8 Å². The van der Waals surface area contributed by atoms with Crippen LogP contribution in [0.5, 0.6) is 17.2 Å². The molecule has 0 radical (unpaired) electrons. The largest absolute Gasteiger partial charge is 0.493 e. The van der Waals surface area contributed by atoms with Gasteiger partial charge in [0.05, 0.1) is 21.3 Å². The van der Waals surface area contributed by atoms with Crippen molar-refractivity contribution in [2.24, 2.45) is 0 Å². The summed E-state index contributed by atoms with van der Waals surface area (Å²) in [7, 11) is 4.85. The van der Waals surface area contributed by atoms with E-state index in [1.807, 2.05) is 36.7 Å². The number of H-pyrrole nitrogens is 2. The van der Waals surface area contributed by atoms with Gasteiger partial charge >= 0.3 is 0 Å². The van der Waals surface area contributed by atoms with Gasteiger partial charge in [0.2, 0.25) is 5.75 Å². The Labute approximate surface area is 163 Å². The molecule has 1 atom stereocenters. The SMILES string of the molecule is COc1cc(C(C)c2cnc(-c3c[nH]c4ccccc34)[nH]2)cc(OC)c1OC. The lowest BCUT2D eigenvalue weighted by atomic mass is 9.97.